The smallest absolute Gasteiger partial charge is 0.136 e. The first kappa shape index (κ1) is 33.3. The van der Waals surface area contributed by atoms with Gasteiger partial charge in [0.25, 0.3) is 0 Å². The van der Waals surface area contributed by atoms with Crippen molar-refractivity contribution in [2.45, 2.75) is 0 Å². The molecular formula is C56H36N2O. The third kappa shape index (κ3) is 5.36. The fraction of sp³-hybridized carbons (Fsp3) is 0. The van der Waals surface area contributed by atoms with Crippen molar-refractivity contribution < 1.29 is 4.42 Å². The summed E-state index contributed by atoms with van der Waals surface area (Å²) in [5.41, 5.74) is 13.3. The molecule has 59 heavy (non-hydrogen) atoms. The van der Waals surface area contributed by atoms with Crippen LogP contribution in [0.2, 0.25) is 0 Å². The van der Waals surface area contributed by atoms with Crippen LogP contribution in [-0.2, 0) is 0 Å². The third-order valence-corrected chi connectivity index (χ3v) is 12.0. The van der Waals surface area contributed by atoms with E-state index in [4.69, 9.17) is 4.42 Å². The Balaban J connectivity index is 0.990. The van der Waals surface area contributed by atoms with Gasteiger partial charge in [0.1, 0.15) is 11.2 Å². The van der Waals surface area contributed by atoms with E-state index in [9.17, 15) is 0 Å². The van der Waals surface area contributed by atoms with E-state index >= 15 is 0 Å². The predicted molar refractivity (Wildman–Crippen MR) is 249 cm³/mol. The van der Waals surface area contributed by atoms with Crippen molar-refractivity contribution in [1.82, 2.24) is 4.57 Å². The summed E-state index contributed by atoms with van der Waals surface area (Å²) < 4.78 is 8.64. The lowest BCUT2D eigenvalue weighted by molar-refractivity contribution is 0.669. The van der Waals surface area contributed by atoms with Gasteiger partial charge < -0.3 is 13.9 Å². The van der Waals surface area contributed by atoms with Crippen molar-refractivity contribution in [2.75, 3.05) is 4.90 Å². The largest absolute Gasteiger partial charge is 0.456 e. The molecule has 0 spiro atoms. The van der Waals surface area contributed by atoms with Crippen LogP contribution in [0.1, 0.15) is 0 Å². The highest BCUT2D eigenvalue weighted by atomic mass is 16.3. The average Bonchev–Trinajstić information content (AvgIpc) is 3.86. The molecule has 0 aliphatic heterocycles. The number of furan rings is 1. The second kappa shape index (κ2) is 13.4. The number of rotatable bonds is 6. The molecule has 12 rings (SSSR count). The fourth-order valence-corrected chi connectivity index (χ4v) is 9.28. The van der Waals surface area contributed by atoms with E-state index in [1.807, 2.05) is 12.1 Å². The van der Waals surface area contributed by atoms with Gasteiger partial charge in [-0.2, -0.15) is 0 Å². The summed E-state index contributed by atoms with van der Waals surface area (Å²) in [5.74, 6) is 0. The van der Waals surface area contributed by atoms with Gasteiger partial charge >= 0.3 is 0 Å². The van der Waals surface area contributed by atoms with Gasteiger partial charge in [0.15, 0.2) is 0 Å². The number of anilines is 3. The maximum Gasteiger partial charge on any atom is 0.136 e. The van der Waals surface area contributed by atoms with E-state index in [1.54, 1.807) is 0 Å². The van der Waals surface area contributed by atoms with E-state index < -0.39 is 0 Å². The van der Waals surface area contributed by atoms with Crippen molar-refractivity contribution in [3.8, 4) is 27.9 Å². The Morgan fingerprint density at radius 1 is 0.356 bits per heavy atom. The molecule has 0 unspecified atom stereocenters. The van der Waals surface area contributed by atoms with Crippen molar-refractivity contribution in [3.63, 3.8) is 0 Å². The summed E-state index contributed by atoms with van der Waals surface area (Å²) in [6.07, 6.45) is 0. The van der Waals surface area contributed by atoms with Gasteiger partial charge in [0.05, 0.1) is 16.7 Å². The molecule has 0 amide bonds. The van der Waals surface area contributed by atoms with Crippen LogP contribution in [0.15, 0.2) is 223 Å². The number of benzene rings is 10. The van der Waals surface area contributed by atoms with Crippen LogP contribution in [-0.4, -0.2) is 4.57 Å². The molecule has 0 aliphatic rings. The molecular weight excluding hydrogens is 717 g/mol. The van der Waals surface area contributed by atoms with E-state index in [0.29, 0.717) is 0 Å². The SMILES string of the molecule is c1cc(-c2ccc(N(c3ccc(-c4cccc5oc6ccccc6c45)cc3)c3cc4ccccc4c4ccccc34)cc2)cc(-n2c3ccccc3c3ccccc32)c1. The van der Waals surface area contributed by atoms with E-state index in [1.165, 1.54) is 48.9 Å². The zero-order valence-corrected chi connectivity index (χ0v) is 32.1. The lowest BCUT2D eigenvalue weighted by Gasteiger charge is -2.28. The standard InChI is InChI=1S/C56H36N2O/c1-2-16-44-40(13-1)36-53(47-18-4-3-17-46(44)47)57(42-33-29-38(30-34-42)45-22-12-26-55-56(45)50-21-7-10-25-54(50)59-55)41-31-27-37(28-32-41)39-14-11-15-43(35-39)58-51-23-8-5-19-48(51)49-20-6-9-24-52(49)58/h1-36H. The van der Waals surface area contributed by atoms with Crippen molar-refractivity contribution in [1.29, 1.82) is 0 Å². The molecule has 0 bridgehead atoms. The minimum Gasteiger partial charge on any atom is -0.456 e. The first-order valence-corrected chi connectivity index (χ1v) is 20.2. The summed E-state index contributed by atoms with van der Waals surface area (Å²) in [5, 5.41) is 9.70. The molecule has 0 N–H and O–H groups in total. The highest BCUT2D eigenvalue weighted by Crippen LogP contribution is 2.44. The molecule has 0 saturated carbocycles. The highest BCUT2D eigenvalue weighted by Gasteiger charge is 2.19. The van der Waals surface area contributed by atoms with Gasteiger partial charge in [-0.05, 0) is 105 Å². The zero-order chi connectivity index (χ0) is 38.9. The zero-order valence-electron chi connectivity index (χ0n) is 32.1. The maximum absolute atomic E-state index is 6.26. The molecule has 0 aliphatic carbocycles. The Bertz CT molecular complexity index is 3500. The Hall–Kier alpha value is -7.88. The van der Waals surface area contributed by atoms with Crippen molar-refractivity contribution >= 4 is 82.4 Å². The molecule has 3 heteroatoms. The Morgan fingerprint density at radius 2 is 0.915 bits per heavy atom. The Morgan fingerprint density at radius 3 is 1.64 bits per heavy atom. The number of hydrogen-bond acceptors (Lipinski definition) is 2. The monoisotopic (exact) mass is 752 g/mol. The lowest BCUT2D eigenvalue weighted by atomic mass is 9.97. The van der Waals surface area contributed by atoms with Crippen LogP contribution < -0.4 is 4.90 Å². The molecule has 0 saturated heterocycles. The average molecular weight is 753 g/mol. The number of hydrogen-bond donors (Lipinski definition) is 0. The molecule has 0 fully saturated rings. The Kier molecular flexibility index (Phi) is 7.54. The van der Waals surface area contributed by atoms with Crippen molar-refractivity contribution in [2.24, 2.45) is 0 Å². The summed E-state index contributed by atoms with van der Waals surface area (Å²) in [6.45, 7) is 0. The number of nitrogens with zero attached hydrogens (tertiary/aromatic N) is 2. The first-order chi connectivity index (χ1) is 29.3. The first-order valence-electron chi connectivity index (χ1n) is 20.2. The minimum absolute atomic E-state index is 0.901. The number of aromatic nitrogens is 1. The highest BCUT2D eigenvalue weighted by molar-refractivity contribution is 6.15. The normalized spacial score (nSPS) is 11.7. The van der Waals surface area contributed by atoms with Gasteiger partial charge in [-0.25, -0.2) is 0 Å². The second-order valence-electron chi connectivity index (χ2n) is 15.3. The van der Waals surface area contributed by atoms with Gasteiger partial charge in [-0.15, -0.1) is 0 Å². The van der Waals surface area contributed by atoms with Gasteiger partial charge in [0, 0.05) is 44.0 Å². The molecule has 2 aromatic heterocycles. The third-order valence-electron chi connectivity index (χ3n) is 12.0. The Labute approximate surface area is 341 Å². The minimum atomic E-state index is 0.901. The molecule has 276 valence electrons. The molecule has 10 aromatic carbocycles. The van der Waals surface area contributed by atoms with Crippen LogP contribution in [0.4, 0.5) is 17.1 Å². The molecule has 0 radical (unpaired) electrons. The predicted octanol–water partition coefficient (Wildman–Crippen LogP) is 15.8. The molecule has 3 nitrogen and oxygen atoms in total. The number of para-hydroxylation sites is 3. The number of fused-ring (bicyclic) bond motifs is 9. The topological polar surface area (TPSA) is 21.3 Å². The van der Waals surface area contributed by atoms with Crippen LogP contribution in [0.25, 0.3) is 93.2 Å². The van der Waals surface area contributed by atoms with Crippen molar-refractivity contribution in [3.05, 3.63) is 218 Å². The summed E-state index contributed by atoms with van der Waals surface area (Å²) in [7, 11) is 0. The van der Waals surface area contributed by atoms with E-state index in [-0.39, 0.29) is 0 Å². The van der Waals surface area contributed by atoms with Gasteiger partial charge in [0.2, 0.25) is 0 Å². The summed E-state index contributed by atoms with van der Waals surface area (Å²) in [6, 6.07) is 78.8. The van der Waals surface area contributed by atoms with Crippen LogP contribution in [0.3, 0.4) is 0 Å². The van der Waals surface area contributed by atoms with Crippen LogP contribution in [0, 0.1) is 0 Å². The fourth-order valence-electron chi connectivity index (χ4n) is 9.28. The van der Waals surface area contributed by atoms with Crippen LogP contribution >= 0.6 is 0 Å². The second-order valence-corrected chi connectivity index (χ2v) is 15.3. The molecule has 0 atom stereocenters. The maximum atomic E-state index is 6.26. The van der Waals surface area contributed by atoms with Gasteiger partial charge in [-0.1, -0.05) is 152 Å². The van der Waals surface area contributed by atoms with Gasteiger partial charge in [-0.3, -0.25) is 0 Å². The van der Waals surface area contributed by atoms with E-state index in [0.717, 1.165) is 61.4 Å². The summed E-state index contributed by atoms with van der Waals surface area (Å²) in [4.78, 5) is 2.41. The summed E-state index contributed by atoms with van der Waals surface area (Å²) >= 11 is 0. The van der Waals surface area contributed by atoms with Crippen LogP contribution in [0.5, 0.6) is 0 Å². The quantitative estimate of drug-likeness (QED) is 0.158. The molecule has 2 heterocycles. The lowest BCUT2D eigenvalue weighted by Crippen LogP contribution is -2.10. The van der Waals surface area contributed by atoms with E-state index in [2.05, 4.69) is 216 Å². The molecule has 12 aromatic rings.